The van der Waals surface area contributed by atoms with Gasteiger partial charge in [0.25, 0.3) is 0 Å². The van der Waals surface area contributed by atoms with Gasteiger partial charge in [-0.05, 0) is 34.8 Å². The molecule has 0 aromatic heterocycles. The van der Waals surface area contributed by atoms with E-state index in [1.54, 1.807) is 0 Å². The Kier molecular flexibility index (Phi) is 16.7. The molecule has 8 rings (SSSR count). The van der Waals surface area contributed by atoms with Crippen LogP contribution in [0.1, 0.15) is 29.2 Å². The number of hydrogen-bond donors (Lipinski definition) is 0. The Morgan fingerprint density at radius 3 is 1.34 bits per heavy atom. The molecule has 0 atom stereocenters. The van der Waals surface area contributed by atoms with E-state index in [4.69, 9.17) is 0 Å². The fourth-order valence-corrected chi connectivity index (χ4v) is 6.17. The second kappa shape index (κ2) is 21.6. The largest absolute Gasteiger partial charge is 2.00 e. The Labute approximate surface area is 339 Å². The van der Waals surface area contributed by atoms with Gasteiger partial charge in [0.15, 0.2) is 0 Å². The molecule has 0 aliphatic heterocycles. The molecule has 8 aromatic rings. The molecule has 53 heavy (non-hydrogen) atoms. The Hall–Kier alpha value is -4.88. The van der Waals surface area contributed by atoms with E-state index in [0.29, 0.717) is 0 Å². The molecular weight excluding hydrogens is 732 g/mol. The van der Waals surface area contributed by atoms with Crippen molar-refractivity contribution in [2.75, 3.05) is 0 Å². The average Bonchev–Trinajstić information content (AvgIpc) is 3.78. The van der Waals surface area contributed by atoms with Crippen LogP contribution in [0, 0.1) is 13.8 Å². The van der Waals surface area contributed by atoms with Gasteiger partial charge >= 0.3 is 26.2 Å². The minimum absolute atomic E-state index is 0. The second-order valence-corrected chi connectivity index (χ2v) is 13.9. The van der Waals surface area contributed by atoms with Crippen molar-refractivity contribution in [2.45, 2.75) is 33.9 Å². The average molecular weight is 780 g/mol. The molecule has 0 aliphatic carbocycles. The number of benzene rings is 6. The first-order valence-electron chi connectivity index (χ1n) is 17.9. The van der Waals surface area contributed by atoms with Crippen molar-refractivity contribution < 1.29 is 26.2 Å². The van der Waals surface area contributed by atoms with Gasteiger partial charge in [-0.25, -0.2) is 0 Å². The molecule has 0 nitrogen and oxygen atoms in total. The van der Waals surface area contributed by atoms with E-state index in [2.05, 4.69) is 210 Å². The summed E-state index contributed by atoms with van der Waals surface area (Å²) in [6.07, 6.45) is 6.35. The molecule has 0 spiro atoms. The van der Waals surface area contributed by atoms with E-state index in [0.717, 1.165) is 9.52 Å². The van der Waals surface area contributed by atoms with Crippen molar-refractivity contribution >= 4 is 42.7 Å². The molecule has 0 bridgehead atoms. The van der Waals surface area contributed by atoms with Crippen molar-refractivity contribution in [3.8, 4) is 22.3 Å². The Morgan fingerprint density at radius 2 is 0.906 bits per heavy atom. The van der Waals surface area contributed by atoms with E-state index in [-0.39, 0.29) is 26.2 Å². The minimum atomic E-state index is 0. The minimum Gasteiger partial charge on any atom is -0.165 e. The molecule has 0 heterocycles. The van der Waals surface area contributed by atoms with Gasteiger partial charge in [-0.1, -0.05) is 190 Å². The van der Waals surface area contributed by atoms with Crippen molar-refractivity contribution in [3.05, 3.63) is 216 Å². The standard InChI is InChI=1S/C17H16.2C16H13.C2H6Si.Zr/c1-15(17-13-6-3-7-14-17)9-8-12-16-10-4-2-5-11-16;2*1-12-10-14-8-5-9-15(16(14)11-12)13-6-3-2-4-7-13;1-3-2;/h2-14H,1H3;2*2-11H,1H3;1-2H3;/q;2*-1;;+2. The van der Waals surface area contributed by atoms with E-state index in [9.17, 15) is 0 Å². The summed E-state index contributed by atoms with van der Waals surface area (Å²) in [7, 11) is 1.08. The monoisotopic (exact) mass is 778 g/mol. The number of rotatable bonds is 5. The van der Waals surface area contributed by atoms with Crippen LogP contribution in [0.3, 0.4) is 0 Å². The van der Waals surface area contributed by atoms with Crippen LogP contribution in [0.2, 0.25) is 13.1 Å². The van der Waals surface area contributed by atoms with Gasteiger partial charge in [0.2, 0.25) is 0 Å². The molecule has 2 radical (unpaired) electrons. The smallest absolute Gasteiger partial charge is 0.165 e. The van der Waals surface area contributed by atoms with Crippen molar-refractivity contribution in [2.24, 2.45) is 0 Å². The van der Waals surface area contributed by atoms with E-state index in [1.807, 2.05) is 24.3 Å². The first-order valence-corrected chi connectivity index (χ1v) is 19.9. The Morgan fingerprint density at radius 1 is 0.509 bits per heavy atom. The molecule has 0 saturated carbocycles. The topological polar surface area (TPSA) is 0 Å². The van der Waals surface area contributed by atoms with E-state index < -0.39 is 0 Å². The van der Waals surface area contributed by atoms with Crippen LogP contribution in [0.5, 0.6) is 0 Å². The zero-order chi connectivity index (χ0) is 36.5. The molecule has 0 N–H and O–H groups in total. The van der Waals surface area contributed by atoms with Crippen molar-refractivity contribution in [1.82, 2.24) is 0 Å². The summed E-state index contributed by atoms with van der Waals surface area (Å²) in [4.78, 5) is 0. The molecular formula is C51H48SiZr. The third kappa shape index (κ3) is 12.1. The molecule has 0 aliphatic rings. The first-order chi connectivity index (χ1) is 25.5. The van der Waals surface area contributed by atoms with Crippen LogP contribution in [-0.4, -0.2) is 9.52 Å². The molecule has 0 fully saturated rings. The van der Waals surface area contributed by atoms with Crippen LogP contribution >= 0.6 is 0 Å². The summed E-state index contributed by atoms with van der Waals surface area (Å²) >= 11 is 0. The van der Waals surface area contributed by atoms with Crippen molar-refractivity contribution in [1.29, 1.82) is 0 Å². The van der Waals surface area contributed by atoms with Gasteiger partial charge in [0.1, 0.15) is 0 Å². The maximum Gasteiger partial charge on any atom is 2.00 e. The van der Waals surface area contributed by atoms with Crippen LogP contribution in [0.4, 0.5) is 0 Å². The predicted molar refractivity (Wildman–Crippen MR) is 232 cm³/mol. The summed E-state index contributed by atoms with van der Waals surface area (Å²) in [6.45, 7) is 10.7. The first kappa shape index (κ1) is 40.9. The molecule has 0 amide bonds. The van der Waals surface area contributed by atoms with Crippen LogP contribution in [-0.2, 0) is 26.2 Å². The SMILES string of the molecule is CC(=CC=Cc1ccccc1)c1ccccc1.C[Si]C.Cc1cc2c(-c3ccccc3)cccc2[cH-]1.Cc1cc2c(-c3ccccc3)cccc2[cH-]1.[Zr+2]. The molecule has 260 valence electrons. The third-order valence-corrected chi connectivity index (χ3v) is 8.62. The fraction of sp³-hybridized carbons (Fsp3) is 0.0980. The Bertz CT molecular complexity index is 2180. The maximum absolute atomic E-state index is 2.26. The summed E-state index contributed by atoms with van der Waals surface area (Å²) in [5.74, 6) is 0. The van der Waals surface area contributed by atoms with E-state index >= 15 is 0 Å². The summed E-state index contributed by atoms with van der Waals surface area (Å²) in [5, 5.41) is 5.37. The second-order valence-electron chi connectivity index (χ2n) is 12.9. The molecule has 2 heteroatoms. The number of allylic oxidation sites excluding steroid dienone is 3. The van der Waals surface area contributed by atoms with Crippen LogP contribution < -0.4 is 0 Å². The van der Waals surface area contributed by atoms with Gasteiger partial charge in [-0.15, -0.1) is 69.1 Å². The number of hydrogen-bond acceptors (Lipinski definition) is 0. The summed E-state index contributed by atoms with van der Waals surface area (Å²) < 4.78 is 0. The van der Waals surface area contributed by atoms with Gasteiger partial charge in [-0.3, -0.25) is 0 Å². The quantitative estimate of drug-likeness (QED) is 0.0927. The van der Waals surface area contributed by atoms with Gasteiger partial charge in [-0.2, -0.15) is 12.1 Å². The van der Waals surface area contributed by atoms with Gasteiger partial charge < -0.3 is 0 Å². The van der Waals surface area contributed by atoms with Crippen molar-refractivity contribution in [3.63, 3.8) is 0 Å². The normalized spacial score (nSPS) is 10.7. The maximum atomic E-state index is 2.26. The summed E-state index contributed by atoms with van der Waals surface area (Å²) in [6, 6.07) is 63.9. The predicted octanol–water partition coefficient (Wildman–Crippen LogP) is 14.7. The molecule has 0 unspecified atom stereocenters. The Balaban J connectivity index is 0.000000169. The van der Waals surface area contributed by atoms with Gasteiger partial charge in [0, 0.05) is 9.52 Å². The zero-order valence-corrected chi connectivity index (χ0v) is 35.0. The third-order valence-electron chi connectivity index (χ3n) is 8.62. The summed E-state index contributed by atoms with van der Waals surface area (Å²) in [5.41, 5.74) is 11.7. The fourth-order valence-electron chi connectivity index (χ4n) is 6.17. The number of aryl methyl sites for hydroxylation is 2. The van der Waals surface area contributed by atoms with E-state index in [1.165, 1.54) is 71.6 Å². The van der Waals surface area contributed by atoms with Gasteiger partial charge in [0.05, 0.1) is 0 Å². The molecule has 8 aromatic carbocycles. The molecule has 0 saturated heterocycles. The van der Waals surface area contributed by atoms with Crippen LogP contribution in [0.25, 0.3) is 55.4 Å². The van der Waals surface area contributed by atoms with Crippen LogP contribution in [0.15, 0.2) is 194 Å². The zero-order valence-electron chi connectivity index (χ0n) is 31.6. The number of fused-ring (bicyclic) bond motifs is 2.